The van der Waals surface area contributed by atoms with Crippen molar-refractivity contribution >= 4 is 11.6 Å². The summed E-state index contributed by atoms with van der Waals surface area (Å²) in [7, 11) is 0. The molecule has 0 fully saturated rings. The van der Waals surface area contributed by atoms with Crippen molar-refractivity contribution in [1.29, 1.82) is 0 Å². The summed E-state index contributed by atoms with van der Waals surface area (Å²) in [6.07, 6.45) is 1.01. The van der Waals surface area contributed by atoms with Crippen LogP contribution in [0, 0.1) is 5.41 Å². The maximum absolute atomic E-state index is 12.1. The Hall–Kier alpha value is -2.09. The molecule has 0 saturated carbocycles. The van der Waals surface area contributed by atoms with Gasteiger partial charge in [0.25, 0.3) is 5.91 Å². The number of carbonyl (C=O) groups excluding carboxylic acids is 1. The van der Waals surface area contributed by atoms with E-state index in [1.807, 2.05) is 54.6 Å². The Labute approximate surface area is 120 Å². The van der Waals surface area contributed by atoms with Crippen molar-refractivity contribution in [3.05, 3.63) is 65.7 Å². The van der Waals surface area contributed by atoms with Gasteiger partial charge in [0.1, 0.15) is 0 Å². The third kappa shape index (κ3) is 4.23. The lowest BCUT2D eigenvalue weighted by atomic mass is 9.88. The minimum atomic E-state index is -0.0708. The van der Waals surface area contributed by atoms with E-state index in [-0.39, 0.29) is 11.3 Å². The predicted octanol–water partition coefficient (Wildman–Crippen LogP) is 4.53. The molecule has 2 aromatic rings. The molecule has 0 saturated heterocycles. The fourth-order valence-corrected chi connectivity index (χ4v) is 2.11. The number of amides is 1. The first-order valence-electron chi connectivity index (χ1n) is 6.89. The second-order valence-electron chi connectivity index (χ2n) is 6.25. The van der Waals surface area contributed by atoms with Crippen molar-refractivity contribution in [2.45, 2.75) is 27.2 Å². The Morgan fingerprint density at radius 2 is 1.55 bits per heavy atom. The van der Waals surface area contributed by atoms with Gasteiger partial charge in [0.15, 0.2) is 0 Å². The molecule has 0 radical (unpaired) electrons. The molecule has 1 N–H and O–H groups in total. The van der Waals surface area contributed by atoms with Crippen molar-refractivity contribution < 1.29 is 4.79 Å². The van der Waals surface area contributed by atoms with Gasteiger partial charge in [-0.1, -0.05) is 51.1 Å². The highest BCUT2D eigenvalue weighted by Gasteiger charge is 2.12. The molecule has 0 atom stereocenters. The van der Waals surface area contributed by atoms with Gasteiger partial charge in [-0.05, 0) is 41.7 Å². The average Bonchev–Trinajstić information content (AvgIpc) is 2.39. The lowest BCUT2D eigenvalue weighted by molar-refractivity contribution is 0.102. The van der Waals surface area contributed by atoms with Gasteiger partial charge in [0.2, 0.25) is 0 Å². The van der Waals surface area contributed by atoms with E-state index in [1.54, 1.807) is 0 Å². The first-order chi connectivity index (χ1) is 9.44. The van der Waals surface area contributed by atoms with E-state index in [0.29, 0.717) is 5.56 Å². The summed E-state index contributed by atoms with van der Waals surface area (Å²) >= 11 is 0. The van der Waals surface area contributed by atoms with Crippen molar-refractivity contribution in [3.8, 4) is 0 Å². The maximum Gasteiger partial charge on any atom is 0.255 e. The van der Waals surface area contributed by atoms with Crippen molar-refractivity contribution in [2.75, 3.05) is 5.32 Å². The Balaban J connectivity index is 2.04. The summed E-state index contributed by atoms with van der Waals surface area (Å²) in [5.41, 5.74) is 3.02. The maximum atomic E-state index is 12.1. The van der Waals surface area contributed by atoms with Crippen LogP contribution in [0.1, 0.15) is 36.7 Å². The van der Waals surface area contributed by atoms with E-state index in [1.165, 1.54) is 5.56 Å². The number of para-hydroxylation sites is 1. The van der Waals surface area contributed by atoms with Crippen molar-refractivity contribution in [1.82, 2.24) is 0 Å². The van der Waals surface area contributed by atoms with Crippen LogP contribution < -0.4 is 5.32 Å². The smallest absolute Gasteiger partial charge is 0.255 e. The van der Waals surface area contributed by atoms with Gasteiger partial charge in [-0.15, -0.1) is 0 Å². The zero-order chi connectivity index (χ0) is 14.6. The molecule has 20 heavy (non-hydrogen) atoms. The number of rotatable bonds is 3. The summed E-state index contributed by atoms with van der Waals surface area (Å²) in [5.74, 6) is -0.0708. The molecule has 2 heteroatoms. The number of nitrogens with one attached hydrogen (secondary N) is 1. The lowest BCUT2D eigenvalue weighted by Gasteiger charge is -2.18. The van der Waals surface area contributed by atoms with Crippen LogP contribution in [0.3, 0.4) is 0 Å². The quantitative estimate of drug-likeness (QED) is 0.870. The standard InChI is InChI=1S/C18H21NO/c1-18(2,3)13-14-9-11-15(12-10-14)17(20)19-16-7-5-4-6-8-16/h4-12H,13H2,1-3H3,(H,19,20). The van der Waals surface area contributed by atoms with E-state index in [4.69, 9.17) is 0 Å². The number of hydrogen-bond acceptors (Lipinski definition) is 1. The third-order valence-electron chi connectivity index (χ3n) is 2.98. The highest BCUT2D eigenvalue weighted by atomic mass is 16.1. The summed E-state index contributed by atoms with van der Waals surface area (Å²) in [6.45, 7) is 6.63. The largest absolute Gasteiger partial charge is 0.322 e. The lowest BCUT2D eigenvalue weighted by Crippen LogP contribution is -2.12. The highest BCUT2D eigenvalue weighted by molar-refractivity contribution is 6.04. The van der Waals surface area contributed by atoms with Gasteiger partial charge in [-0.2, -0.15) is 0 Å². The van der Waals surface area contributed by atoms with Gasteiger partial charge in [0, 0.05) is 11.3 Å². The number of hydrogen-bond donors (Lipinski definition) is 1. The van der Waals surface area contributed by atoms with Gasteiger partial charge in [0.05, 0.1) is 0 Å². The summed E-state index contributed by atoms with van der Waals surface area (Å²) in [4.78, 5) is 12.1. The molecule has 0 unspecified atom stereocenters. The van der Waals surface area contributed by atoms with Gasteiger partial charge >= 0.3 is 0 Å². The zero-order valence-electron chi connectivity index (χ0n) is 12.3. The van der Waals surface area contributed by atoms with E-state index in [9.17, 15) is 4.79 Å². The first-order valence-corrected chi connectivity index (χ1v) is 6.89. The van der Waals surface area contributed by atoms with Crippen LogP contribution in [-0.2, 0) is 6.42 Å². The monoisotopic (exact) mass is 267 g/mol. The molecule has 1 amide bonds. The Morgan fingerprint density at radius 3 is 2.10 bits per heavy atom. The molecular formula is C18H21NO. The van der Waals surface area contributed by atoms with Crippen LogP contribution in [0.4, 0.5) is 5.69 Å². The van der Waals surface area contributed by atoms with Crippen molar-refractivity contribution in [3.63, 3.8) is 0 Å². The van der Waals surface area contributed by atoms with E-state index >= 15 is 0 Å². The Kier molecular flexibility index (Phi) is 4.23. The van der Waals surface area contributed by atoms with Crippen molar-refractivity contribution in [2.24, 2.45) is 5.41 Å². The van der Waals surface area contributed by atoms with Crippen LogP contribution >= 0.6 is 0 Å². The van der Waals surface area contributed by atoms with E-state index in [2.05, 4.69) is 26.1 Å². The number of carbonyl (C=O) groups is 1. The molecule has 2 nitrogen and oxygen atoms in total. The minimum Gasteiger partial charge on any atom is -0.322 e. The minimum absolute atomic E-state index is 0.0708. The first kappa shape index (κ1) is 14.3. The second-order valence-corrected chi connectivity index (χ2v) is 6.25. The molecule has 0 aliphatic carbocycles. The van der Waals surface area contributed by atoms with E-state index in [0.717, 1.165) is 12.1 Å². The summed E-state index contributed by atoms with van der Waals surface area (Å²) in [5, 5.41) is 2.89. The third-order valence-corrected chi connectivity index (χ3v) is 2.98. The van der Waals surface area contributed by atoms with Crippen LogP contribution in [0.15, 0.2) is 54.6 Å². The predicted molar refractivity (Wildman–Crippen MR) is 84.0 cm³/mol. The fraction of sp³-hybridized carbons (Fsp3) is 0.278. The summed E-state index contributed by atoms with van der Waals surface area (Å²) < 4.78 is 0. The average molecular weight is 267 g/mol. The van der Waals surface area contributed by atoms with Gasteiger partial charge < -0.3 is 5.32 Å². The molecule has 0 aliphatic heterocycles. The molecule has 0 aromatic heterocycles. The molecular weight excluding hydrogens is 246 g/mol. The molecule has 0 bridgehead atoms. The van der Waals surface area contributed by atoms with Gasteiger partial charge in [-0.3, -0.25) is 4.79 Å². The number of anilines is 1. The van der Waals surface area contributed by atoms with Crippen LogP contribution in [0.5, 0.6) is 0 Å². The molecule has 0 heterocycles. The molecule has 104 valence electrons. The fourth-order valence-electron chi connectivity index (χ4n) is 2.11. The second kappa shape index (κ2) is 5.91. The molecule has 0 aliphatic rings. The normalized spacial score (nSPS) is 11.2. The molecule has 2 aromatic carbocycles. The highest BCUT2D eigenvalue weighted by Crippen LogP contribution is 2.20. The topological polar surface area (TPSA) is 29.1 Å². The summed E-state index contributed by atoms with van der Waals surface area (Å²) in [6, 6.07) is 17.3. The van der Waals surface area contributed by atoms with Crippen LogP contribution in [0.25, 0.3) is 0 Å². The zero-order valence-corrected chi connectivity index (χ0v) is 12.3. The number of benzene rings is 2. The Bertz CT molecular complexity index is 565. The Morgan fingerprint density at radius 1 is 0.950 bits per heavy atom. The van der Waals surface area contributed by atoms with Gasteiger partial charge in [-0.25, -0.2) is 0 Å². The van der Waals surface area contributed by atoms with Crippen LogP contribution in [0.2, 0.25) is 0 Å². The SMILES string of the molecule is CC(C)(C)Cc1ccc(C(=O)Nc2ccccc2)cc1. The molecule has 0 spiro atoms. The van der Waals surface area contributed by atoms with E-state index < -0.39 is 0 Å². The molecule has 2 rings (SSSR count). The van der Waals surface area contributed by atoms with Crippen LogP contribution in [-0.4, -0.2) is 5.91 Å².